The van der Waals surface area contributed by atoms with Gasteiger partial charge in [-0.25, -0.2) is 8.78 Å². The molecule has 1 aliphatic rings. The minimum Gasteiger partial charge on any atom is -0.496 e. The number of ether oxygens (including phenoxy) is 2. The highest BCUT2D eigenvalue weighted by Gasteiger charge is 2.25. The second kappa shape index (κ2) is 11.6. The van der Waals surface area contributed by atoms with Gasteiger partial charge >= 0.3 is 0 Å². The lowest BCUT2D eigenvalue weighted by Crippen LogP contribution is -2.26. The van der Waals surface area contributed by atoms with Gasteiger partial charge in [0.05, 0.1) is 18.2 Å². The van der Waals surface area contributed by atoms with E-state index in [2.05, 4.69) is 15.6 Å². The summed E-state index contributed by atoms with van der Waals surface area (Å²) in [5.74, 6) is -1.82. The largest absolute Gasteiger partial charge is 0.496 e. The van der Waals surface area contributed by atoms with Gasteiger partial charge in [-0.3, -0.25) is 19.4 Å². The molecule has 3 heterocycles. The molecule has 1 aliphatic heterocycles. The smallest absolute Gasteiger partial charge is 0.261 e. The van der Waals surface area contributed by atoms with E-state index >= 15 is 4.39 Å². The number of pyridine rings is 2. The molecule has 0 atom stereocenters. The number of rotatable bonds is 7. The van der Waals surface area contributed by atoms with E-state index in [1.54, 1.807) is 24.4 Å². The van der Waals surface area contributed by atoms with Gasteiger partial charge in [0.15, 0.2) is 11.6 Å². The molecule has 44 heavy (non-hydrogen) atoms. The van der Waals surface area contributed by atoms with Crippen LogP contribution in [0.3, 0.4) is 0 Å². The normalized spacial score (nSPS) is 12.1. The first-order chi connectivity index (χ1) is 21.3. The van der Waals surface area contributed by atoms with Crippen molar-refractivity contribution in [2.75, 3.05) is 19.5 Å². The van der Waals surface area contributed by atoms with Crippen LogP contribution in [-0.2, 0) is 13.0 Å². The second-order valence-electron chi connectivity index (χ2n) is 10.2. The molecular formula is C33H26F2N4O5. The zero-order valence-electron chi connectivity index (χ0n) is 23.7. The van der Waals surface area contributed by atoms with Crippen molar-refractivity contribution >= 4 is 28.4 Å². The summed E-state index contributed by atoms with van der Waals surface area (Å²) >= 11 is 0. The molecule has 0 radical (unpaired) electrons. The van der Waals surface area contributed by atoms with Crippen molar-refractivity contribution < 1.29 is 27.8 Å². The highest BCUT2D eigenvalue weighted by atomic mass is 19.1. The number of nitrogens with zero attached hydrogens (tertiary/aromatic N) is 2. The SMILES string of the molecule is CNC(=O)c1cc2c(Oc3ccc(NC(=O)c4c5n(cc(-c6ccc(F)cc6)c4=O)CCC5)cc3F)ccnc2cc1OC. The van der Waals surface area contributed by atoms with Crippen molar-refractivity contribution in [3.63, 3.8) is 0 Å². The number of aromatic nitrogens is 2. The number of methoxy groups -OCH3 is 1. The highest BCUT2D eigenvalue weighted by molar-refractivity contribution is 6.06. The van der Waals surface area contributed by atoms with Crippen LogP contribution in [0.2, 0.25) is 0 Å². The molecular weight excluding hydrogens is 570 g/mol. The molecule has 0 bridgehead atoms. The minimum absolute atomic E-state index is 0.0318. The lowest BCUT2D eigenvalue weighted by molar-refractivity contribution is 0.0959. The van der Waals surface area contributed by atoms with Crippen LogP contribution in [0.15, 0.2) is 77.9 Å². The standard InChI is InChI=1S/C33H26F2N4O5/c1-36-32(41)22-15-21-25(16-29(22)43-2)37-12-11-27(21)44-28-10-9-20(14-24(28)35)38-33(42)30-26-4-3-13-39(26)17-23(31(30)40)18-5-7-19(34)8-6-18/h5-12,14-17H,3-4,13H2,1-2H3,(H,36,41)(H,38,42). The predicted octanol–water partition coefficient (Wildman–Crippen LogP) is 5.70. The lowest BCUT2D eigenvalue weighted by atomic mass is 10.0. The summed E-state index contributed by atoms with van der Waals surface area (Å²) in [7, 11) is 2.94. The van der Waals surface area contributed by atoms with Crippen LogP contribution >= 0.6 is 0 Å². The van der Waals surface area contributed by atoms with Crippen LogP contribution in [0.25, 0.3) is 22.0 Å². The third kappa shape index (κ3) is 5.24. The molecule has 2 amide bonds. The highest BCUT2D eigenvalue weighted by Crippen LogP contribution is 2.35. The molecule has 0 unspecified atom stereocenters. The number of fused-ring (bicyclic) bond motifs is 2. The fourth-order valence-electron chi connectivity index (χ4n) is 5.35. The molecule has 0 aliphatic carbocycles. The first-order valence-corrected chi connectivity index (χ1v) is 13.8. The summed E-state index contributed by atoms with van der Waals surface area (Å²) in [4.78, 5) is 43.6. The monoisotopic (exact) mass is 596 g/mol. The number of benzene rings is 3. The molecule has 9 nitrogen and oxygen atoms in total. The summed E-state index contributed by atoms with van der Waals surface area (Å²) in [6.07, 6.45) is 4.47. The van der Waals surface area contributed by atoms with E-state index in [0.717, 1.165) is 12.5 Å². The first-order valence-electron chi connectivity index (χ1n) is 13.8. The van der Waals surface area contributed by atoms with Gasteiger partial charge in [0.1, 0.15) is 22.9 Å². The number of carbonyl (C=O) groups excluding carboxylic acids is 2. The van der Waals surface area contributed by atoms with Gasteiger partial charge in [-0.15, -0.1) is 0 Å². The van der Waals surface area contributed by atoms with Crippen molar-refractivity contribution in [1.82, 2.24) is 14.9 Å². The zero-order valence-corrected chi connectivity index (χ0v) is 23.7. The van der Waals surface area contributed by atoms with Gasteiger partial charge < -0.3 is 24.7 Å². The Hall–Kier alpha value is -5.58. The maximum absolute atomic E-state index is 15.3. The van der Waals surface area contributed by atoms with Gasteiger partial charge in [0.2, 0.25) is 5.43 Å². The van der Waals surface area contributed by atoms with Crippen molar-refractivity contribution in [3.05, 3.63) is 112 Å². The molecule has 0 saturated heterocycles. The minimum atomic E-state index is -0.769. The maximum atomic E-state index is 15.3. The van der Waals surface area contributed by atoms with E-state index < -0.39 is 23.0 Å². The number of nitrogens with one attached hydrogen (secondary N) is 2. The zero-order chi connectivity index (χ0) is 31.0. The topological polar surface area (TPSA) is 112 Å². The molecule has 3 aromatic carbocycles. The average Bonchev–Trinajstić information content (AvgIpc) is 3.49. The van der Waals surface area contributed by atoms with Crippen LogP contribution in [0.1, 0.15) is 32.8 Å². The van der Waals surface area contributed by atoms with E-state index in [0.29, 0.717) is 40.9 Å². The summed E-state index contributed by atoms with van der Waals surface area (Å²) in [5.41, 5.74) is 1.69. The molecule has 6 rings (SSSR count). The van der Waals surface area contributed by atoms with Crippen LogP contribution in [-0.4, -0.2) is 35.5 Å². The van der Waals surface area contributed by atoms with E-state index in [1.807, 2.05) is 4.57 Å². The van der Waals surface area contributed by atoms with Crippen LogP contribution in [0.4, 0.5) is 14.5 Å². The molecule has 5 aromatic rings. The Morgan fingerprint density at radius 3 is 2.48 bits per heavy atom. The van der Waals surface area contributed by atoms with Gasteiger partial charge in [-0.2, -0.15) is 0 Å². The van der Waals surface area contributed by atoms with Crippen molar-refractivity contribution in [3.8, 4) is 28.4 Å². The fourth-order valence-corrected chi connectivity index (χ4v) is 5.35. The number of halogens is 2. The fraction of sp³-hybridized carbons (Fsp3) is 0.152. The number of aryl methyl sites for hydroxylation is 1. The van der Waals surface area contributed by atoms with Gasteiger partial charge in [-0.05, 0) is 54.8 Å². The van der Waals surface area contributed by atoms with Crippen molar-refractivity contribution in [2.24, 2.45) is 0 Å². The number of hydrogen-bond acceptors (Lipinski definition) is 6. The number of anilines is 1. The lowest BCUT2D eigenvalue weighted by Gasteiger charge is -2.15. The van der Waals surface area contributed by atoms with Gasteiger partial charge in [0.25, 0.3) is 11.8 Å². The Balaban J connectivity index is 1.29. The summed E-state index contributed by atoms with van der Waals surface area (Å²) in [6, 6.07) is 14.1. The Labute approximate surface area is 250 Å². The van der Waals surface area contributed by atoms with Crippen molar-refractivity contribution in [2.45, 2.75) is 19.4 Å². The summed E-state index contributed by atoms with van der Waals surface area (Å²) < 4.78 is 41.9. The molecule has 2 N–H and O–H groups in total. The van der Waals surface area contributed by atoms with Crippen molar-refractivity contribution in [1.29, 1.82) is 0 Å². The number of hydrogen-bond donors (Lipinski definition) is 2. The van der Waals surface area contributed by atoms with E-state index in [4.69, 9.17) is 9.47 Å². The van der Waals surface area contributed by atoms with Gasteiger partial charge in [-0.1, -0.05) is 12.1 Å². The number of carbonyl (C=O) groups is 2. The van der Waals surface area contributed by atoms with Crippen LogP contribution in [0.5, 0.6) is 17.2 Å². The van der Waals surface area contributed by atoms with Crippen LogP contribution < -0.4 is 25.5 Å². The van der Waals surface area contributed by atoms with Gasteiger partial charge in [0, 0.05) is 60.4 Å². The average molecular weight is 597 g/mol. The molecule has 11 heteroatoms. The second-order valence-corrected chi connectivity index (χ2v) is 10.2. The molecule has 2 aromatic heterocycles. The number of amides is 2. The third-order valence-corrected chi connectivity index (χ3v) is 7.49. The predicted molar refractivity (Wildman–Crippen MR) is 161 cm³/mol. The Kier molecular flexibility index (Phi) is 7.52. The van der Waals surface area contributed by atoms with E-state index in [9.17, 15) is 18.8 Å². The third-order valence-electron chi connectivity index (χ3n) is 7.49. The Morgan fingerprint density at radius 1 is 0.955 bits per heavy atom. The molecule has 0 spiro atoms. The molecule has 0 fully saturated rings. The molecule has 0 saturated carbocycles. The molecule has 222 valence electrons. The maximum Gasteiger partial charge on any atom is 0.261 e. The van der Waals surface area contributed by atoms with E-state index in [-0.39, 0.29) is 39.8 Å². The Bertz CT molecular complexity index is 2010. The summed E-state index contributed by atoms with van der Waals surface area (Å²) in [6.45, 7) is 0.631. The summed E-state index contributed by atoms with van der Waals surface area (Å²) in [5, 5.41) is 5.65. The Morgan fingerprint density at radius 2 is 1.75 bits per heavy atom. The van der Waals surface area contributed by atoms with E-state index in [1.165, 1.54) is 56.8 Å². The first kappa shape index (κ1) is 28.5. The van der Waals surface area contributed by atoms with Crippen LogP contribution in [0, 0.1) is 11.6 Å². The quantitative estimate of drug-likeness (QED) is 0.249.